The number of carbonyl (C=O) groups is 2. The van der Waals surface area contributed by atoms with Crippen LogP contribution in [0.5, 0.6) is 0 Å². The van der Waals surface area contributed by atoms with Crippen molar-refractivity contribution in [2.24, 2.45) is 0 Å². The summed E-state index contributed by atoms with van der Waals surface area (Å²) in [5, 5.41) is 1.24. The molecule has 2 aromatic carbocycles. The minimum Gasteiger partial charge on any atom is -0.463 e. The van der Waals surface area contributed by atoms with Crippen molar-refractivity contribution in [3.8, 4) is 0 Å². The number of carbonyl (C=O) groups excluding carboxylic acids is 2. The van der Waals surface area contributed by atoms with Crippen molar-refractivity contribution in [3.05, 3.63) is 81.0 Å². The average Bonchev–Trinajstić information content (AvgIpc) is 2.67. The zero-order valence-corrected chi connectivity index (χ0v) is 17.3. The molecule has 0 aromatic heterocycles. The Bertz CT molecular complexity index is 904. The van der Waals surface area contributed by atoms with Crippen LogP contribution in [0, 0.1) is 0 Å². The van der Waals surface area contributed by atoms with Gasteiger partial charge < -0.3 is 9.64 Å². The fraction of sp³-hybridized carbons (Fsp3) is 0.273. The van der Waals surface area contributed by atoms with Crippen molar-refractivity contribution >= 4 is 35.1 Å². The van der Waals surface area contributed by atoms with Gasteiger partial charge in [0.05, 0.1) is 18.7 Å². The molecule has 2 aromatic rings. The fourth-order valence-corrected chi connectivity index (χ4v) is 3.68. The molecule has 0 fully saturated rings. The molecule has 0 saturated carbocycles. The molecule has 1 unspecified atom stereocenters. The molecule has 0 aliphatic carbocycles. The molecule has 146 valence electrons. The summed E-state index contributed by atoms with van der Waals surface area (Å²) in [6.07, 6.45) is 0.195. The lowest BCUT2D eigenvalue weighted by Gasteiger charge is -2.34. The molecule has 1 aliphatic rings. The van der Waals surface area contributed by atoms with E-state index in [9.17, 15) is 9.59 Å². The topological polar surface area (TPSA) is 46.6 Å². The normalized spacial score (nSPS) is 17.1. The van der Waals surface area contributed by atoms with Gasteiger partial charge in [-0.2, -0.15) is 0 Å². The van der Waals surface area contributed by atoms with Crippen molar-refractivity contribution in [2.45, 2.75) is 32.7 Å². The van der Waals surface area contributed by atoms with E-state index in [1.807, 2.05) is 24.3 Å². The first kappa shape index (κ1) is 20.4. The minimum absolute atomic E-state index is 0.0413. The van der Waals surface area contributed by atoms with Crippen LogP contribution >= 0.6 is 23.2 Å². The summed E-state index contributed by atoms with van der Waals surface area (Å²) in [5.41, 5.74) is 2.93. The number of hydrogen-bond acceptors (Lipinski definition) is 3. The number of esters is 1. The molecule has 0 bridgehead atoms. The van der Waals surface area contributed by atoms with Crippen molar-refractivity contribution in [3.63, 3.8) is 0 Å². The predicted octanol–water partition coefficient (Wildman–Crippen LogP) is 5.35. The van der Waals surface area contributed by atoms with E-state index < -0.39 is 5.97 Å². The highest BCUT2D eigenvalue weighted by Crippen LogP contribution is 2.38. The van der Waals surface area contributed by atoms with Crippen LogP contribution in [-0.4, -0.2) is 23.4 Å². The van der Waals surface area contributed by atoms with Crippen LogP contribution in [0.15, 0.2) is 59.8 Å². The smallest absolute Gasteiger partial charge is 0.336 e. The molecular formula is C22H21Cl2NO3. The van der Waals surface area contributed by atoms with E-state index in [-0.39, 0.29) is 24.9 Å². The second-order valence-corrected chi connectivity index (χ2v) is 7.51. The summed E-state index contributed by atoms with van der Waals surface area (Å²) in [5.74, 6) is -0.792. The van der Waals surface area contributed by atoms with E-state index in [4.69, 9.17) is 27.9 Å². The Morgan fingerprint density at radius 2 is 1.64 bits per heavy atom. The Labute approximate surface area is 174 Å². The third-order valence-corrected chi connectivity index (χ3v) is 5.35. The van der Waals surface area contributed by atoms with Crippen molar-refractivity contribution in [1.82, 2.24) is 4.90 Å². The second kappa shape index (κ2) is 8.80. The van der Waals surface area contributed by atoms with E-state index in [1.54, 1.807) is 43.0 Å². The highest BCUT2D eigenvalue weighted by molar-refractivity contribution is 6.30. The molecule has 1 atom stereocenters. The molecule has 1 aliphatic heterocycles. The van der Waals surface area contributed by atoms with Gasteiger partial charge in [0, 0.05) is 28.1 Å². The van der Waals surface area contributed by atoms with E-state index in [2.05, 4.69) is 0 Å². The van der Waals surface area contributed by atoms with Crippen molar-refractivity contribution in [1.29, 1.82) is 0 Å². The highest BCUT2D eigenvalue weighted by Gasteiger charge is 2.36. The Hall–Kier alpha value is -2.30. The summed E-state index contributed by atoms with van der Waals surface area (Å²) in [6, 6.07) is 14.5. The van der Waals surface area contributed by atoms with Crippen LogP contribution in [0.4, 0.5) is 0 Å². The maximum atomic E-state index is 12.9. The molecular weight excluding hydrogens is 397 g/mol. The zero-order chi connectivity index (χ0) is 20.3. The van der Waals surface area contributed by atoms with E-state index in [1.165, 1.54) is 0 Å². The van der Waals surface area contributed by atoms with Gasteiger partial charge in [0.15, 0.2) is 0 Å². The van der Waals surface area contributed by atoms with Gasteiger partial charge in [-0.15, -0.1) is 0 Å². The lowest BCUT2D eigenvalue weighted by Crippen LogP contribution is -2.38. The summed E-state index contributed by atoms with van der Waals surface area (Å²) >= 11 is 11.9. The first-order chi connectivity index (χ1) is 13.4. The molecule has 0 N–H and O–H groups in total. The van der Waals surface area contributed by atoms with E-state index >= 15 is 0 Å². The Kier molecular flexibility index (Phi) is 6.42. The molecule has 4 nitrogen and oxygen atoms in total. The summed E-state index contributed by atoms with van der Waals surface area (Å²) in [4.78, 5) is 27.3. The van der Waals surface area contributed by atoms with Crippen LogP contribution in [0.3, 0.4) is 0 Å². The molecule has 0 radical (unpaired) electrons. The van der Waals surface area contributed by atoms with Gasteiger partial charge in [0.2, 0.25) is 5.91 Å². The Balaban J connectivity index is 2.00. The van der Waals surface area contributed by atoms with E-state index in [0.717, 1.165) is 11.1 Å². The van der Waals surface area contributed by atoms with Crippen LogP contribution in [0.25, 0.3) is 0 Å². The van der Waals surface area contributed by atoms with Gasteiger partial charge in [0.1, 0.15) is 0 Å². The lowest BCUT2D eigenvalue weighted by molar-refractivity contribution is -0.140. The van der Waals surface area contributed by atoms with Crippen LogP contribution in [0.1, 0.15) is 37.3 Å². The first-order valence-corrected chi connectivity index (χ1v) is 9.84. The average molecular weight is 418 g/mol. The Morgan fingerprint density at radius 3 is 2.21 bits per heavy atom. The summed E-state index contributed by atoms with van der Waals surface area (Å²) in [6.45, 7) is 4.21. The molecule has 0 saturated heterocycles. The number of hydrogen-bond donors (Lipinski definition) is 0. The fourth-order valence-electron chi connectivity index (χ4n) is 3.43. The van der Waals surface area contributed by atoms with Crippen LogP contribution in [0.2, 0.25) is 10.0 Å². The maximum absolute atomic E-state index is 12.9. The van der Waals surface area contributed by atoms with Crippen molar-refractivity contribution < 1.29 is 14.3 Å². The summed E-state index contributed by atoms with van der Waals surface area (Å²) < 4.78 is 5.30. The molecule has 1 heterocycles. The lowest BCUT2D eigenvalue weighted by atomic mass is 9.83. The molecule has 28 heavy (non-hydrogen) atoms. The third kappa shape index (κ3) is 4.40. The number of halogens is 2. The van der Waals surface area contributed by atoms with Gasteiger partial charge in [-0.3, -0.25) is 4.79 Å². The maximum Gasteiger partial charge on any atom is 0.336 e. The largest absolute Gasteiger partial charge is 0.463 e. The highest BCUT2D eigenvalue weighted by atomic mass is 35.5. The standard InChI is InChI=1S/C22H21Cl2NO3/c1-3-28-22(27)21-14(2)25(13-15-4-8-17(23)9-5-15)20(26)12-19(21)16-6-10-18(24)11-7-16/h4-11,19H,3,12-13H2,1-2H3. The number of allylic oxidation sites excluding steroid dienone is 1. The number of nitrogens with zero attached hydrogens (tertiary/aromatic N) is 1. The van der Waals surface area contributed by atoms with Crippen molar-refractivity contribution in [2.75, 3.05) is 6.61 Å². The summed E-state index contributed by atoms with van der Waals surface area (Å²) in [7, 11) is 0. The number of rotatable bonds is 5. The van der Waals surface area contributed by atoms with Gasteiger partial charge in [0.25, 0.3) is 0 Å². The van der Waals surface area contributed by atoms with Crippen LogP contribution in [-0.2, 0) is 20.9 Å². The van der Waals surface area contributed by atoms with Gasteiger partial charge in [-0.1, -0.05) is 47.5 Å². The zero-order valence-electron chi connectivity index (χ0n) is 15.7. The molecule has 6 heteroatoms. The van der Waals surface area contributed by atoms with Crippen LogP contribution < -0.4 is 0 Å². The molecule has 0 spiro atoms. The monoisotopic (exact) mass is 417 g/mol. The van der Waals surface area contributed by atoms with E-state index in [0.29, 0.717) is 27.9 Å². The second-order valence-electron chi connectivity index (χ2n) is 6.63. The number of ether oxygens (including phenoxy) is 1. The van der Waals surface area contributed by atoms with Gasteiger partial charge in [-0.25, -0.2) is 4.79 Å². The number of benzene rings is 2. The number of amides is 1. The third-order valence-electron chi connectivity index (χ3n) is 4.84. The van der Waals surface area contributed by atoms with Gasteiger partial charge >= 0.3 is 5.97 Å². The first-order valence-electron chi connectivity index (χ1n) is 9.08. The Morgan fingerprint density at radius 1 is 1.07 bits per heavy atom. The molecule has 3 rings (SSSR count). The minimum atomic E-state index is -0.395. The molecule has 1 amide bonds. The SMILES string of the molecule is CCOC(=O)C1=C(C)N(Cc2ccc(Cl)cc2)C(=O)CC1c1ccc(Cl)cc1. The predicted molar refractivity (Wildman–Crippen MR) is 110 cm³/mol. The quantitative estimate of drug-likeness (QED) is 0.616. The van der Waals surface area contributed by atoms with Gasteiger partial charge in [-0.05, 0) is 49.2 Å².